The van der Waals surface area contributed by atoms with Crippen LogP contribution in [0.15, 0.2) is 47.4 Å². The number of nitro groups is 1. The van der Waals surface area contributed by atoms with Crippen molar-refractivity contribution in [2.75, 3.05) is 10.8 Å². The van der Waals surface area contributed by atoms with Crippen molar-refractivity contribution in [1.29, 1.82) is 0 Å². The van der Waals surface area contributed by atoms with Crippen LogP contribution in [0.2, 0.25) is 0 Å². The highest BCUT2D eigenvalue weighted by Gasteiger charge is 2.34. The number of para-hydroxylation sites is 1. The van der Waals surface area contributed by atoms with Gasteiger partial charge in [0, 0.05) is 19.2 Å². The second-order valence-corrected chi connectivity index (χ2v) is 7.40. The van der Waals surface area contributed by atoms with Gasteiger partial charge in [-0.2, -0.15) is 0 Å². The van der Waals surface area contributed by atoms with Crippen molar-refractivity contribution in [3.8, 4) is 0 Å². The van der Waals surface area contributed by atoms with Gasteiger partial charge in [0.05, 0.1) is 10.6 Å². The van der Waals surface area contributed by atoms with E-state index in [1.807, 2.05) is 6.07 Å². The molecule has 0 spiro atoms. The van der Waals surface area contributed by atoms with Gasteiger partial charge < -0.3 is 5.73 Å². The molecule has 2 N–H and O–H groups in total. The predicted octanol–water partition coefficient (Wildman–Crippen LogP) is 2.20. The number of aryl methyl sites for hydroxylation is 1. The normalized spacial score (nSPS) is 14.3. The molecule has 0 amide bonds. The highest BCUT2D eigenvalue weighted by molar-refractivity contribution is 7.93. The predicted molar refractivity (Wildman–Crippen MR) is 90.3 cm³/mol. The number of rotatable bonds is 4. The van der Waals surface area contributed by atoms with E-state index in [0.717, 1.165) is 17.5 Å². The monoisotopic (exact) mass is 347 g/mol. The molecule has 7 nitrogen and oxygen atoms in total. The summed E-state index contributed by atoms with van der Waals surface area (Å²) in [6.07, 6.45) is 1.41. The van der Waals surface area contributed by atoms with E-state index >= 15 is 0 Å². The second kappa shape index (κ2) is 6.21. The summed E-state index contributed by atoms with van der Waals surface area (Å²) in [5.41, 5.74) is 7.62. The van der Waals surface area contributed by atoms with E-state index in [0.29, 0.717) is 25.2 Å². The molecule has 0 aromatic heterocycles. The Labute approximate surface area is 139 Å². The molecule has 0 radical (unpaired) electrons. The van der Waals surface area contributed by atoms with Gasteiger partial charge in [-0.15, -0.1) is 0 Å². The number of nitrogens with two attached hydrogens (primary N) is 1. The van der Waals surface area contributed by atoms with E-state index in [1.54, 1.807) is 12.1 Å². The maximum Gasteiger partial charge on any atom is 0.289 e. The molecule has 0 saturated carbocycles. The molecule has 24 heavy (non-hydrogen) atoms. The van der Waals surface area contributed by atoms with Crippen LogP contribution in [0, 0.1) is 10.1 Å². The molecular weight excluding hydrogens is 330 g/mol. The molecule has 0 bridgehead atoms. The van der Waals surface area contributed by atoms with Gasteiger partial charge in [-0.3, -0.25) is 14.4 Å². The Hall–Kier alpha value is -2.45. The van der Waals surface area contributed by atoms with Crippen LogP contribution in [0.4, 0.5) is 11.4 Å². The van der Waals surface area contributed by atoms with Crippen molar-refractivity contribution in [2.24, 2.45) is 5.73 Å². The van der Waals surface area contributed by atoms with Crippen molar-refractivity contribution in [3.05, 3.63) is 63.7 Å². The van der Waals surface area contributed by atoms with Crippen LogP contribution in [-0.2, 0) is 23.0 Å². The minimum atomic E-state index is -4.01. The lowest BCUT2D eigenvalue weighted by Gasteiger charge is -2.30. The van der Waals surface area contributed by atoms with Gasteiger partial charge in [0.1, 0.15) is 0 Å². The Balaban J connectivity index is 2.12. The first-order valence-electron chi connectivity index (χ1n) is 7.53. The highest BCUT2D eigenvalue weighted by Crippen LogP contribution is 2.35. The number of hydrogen-bond donors (Lipinski definition) is 1. The van der Waals surface area contributed by atoms with Crippen molar-refractivity contribution in [3.63, 3.8) is 0 Å². The third-order valence-corrected chi connectivity index (χ3v) is 5.95. The number of benzene rings is 2. The Morgan fingerprint density at radius 3 is 2.67 bits per heavy atom. The molecule has 2 aromatic rings. The van der Waals surface area contributed by atoms with Crippen molar-refractivity contribution in [2.45, 2.75) is 24.3 Å². The van der Waals surface area contributed by atoms with Gasteiger partial charge in [0.2, 0.25) is 0 Å². The van der Waals surface area contributed by atoms with E-state index < -0.39 is 20.6 Å². The summed E-state index contributed by atoms with van der Waals surface area (Å²) in [5.74, 6) is 0. The van der Waals surface area contributed by atoms with Crippen LogP contribution >= 0.6 is 0 Å². The number of nitrogens with zero attached hydrogens (tertiary/aromatic N) is 2. The zero-order valence-corrected chi connectivity index (χ0v) is 13.7. The first-order chi connectivity index (χ1) is 11.4. The summed E-state index contributed by atoms with van der Waals surface area (Å²) in [6.45, 7) is 0.674. The molecule has 1 aliphatic rings. The van der Waals surface area contributed by atoms with E-state index in [4.69, 9.17) is 5.73 Å². The summed E-state index contributed by atoms with van der Waals surface area (Å²) in [6, 6.07) is 10.8. The van der Waals surface area contributed by atoms with Crippen LogP contribution in [0.5, 0.6) is 0 Å². The third kappa shape index (κ3) is 2.74. The highest BCUT2D eigenvalue weighted by atomic mass is 32.2. The summed E-state index contributed by atoms with van der Waals surface area (Å²) < 4.78 is 27.3. The smallest absolute Gasteiger partial charge is 0.289 e. The average Bonchev–Trinajstić information content (AvgIpc) is 2.60. The van der Waals surface area contributed by atoms with E-state index in [-0.39, 0.29) is 4.90 Å². The maximum atomic E-state index is 13.0. The fourth-order valence-corrected chi connectivity index (χ4v) is 4.64. The Kier molecular flexibility index (Phi) is 4.25. The largest absolute Gasteiger partial charge is 0.326 e. The van der Waals surface area contributed by atoms with Gasteiger partial charge in [-0.05, 0) is 36.1 Å². The molecule has 0 saturated heterocycles. The van der Waals surface area contributed by atoms with E-state index in [1.165, 1.54) is 28.6 Å². The molecule has 0 fully saturated rings. The fourth-order valence-electron chi connectivity index (χ4n) is 2.94. The van der Waals surface area contributed by atoms with Gasteiger partial charge >= 0.3 is 0 Å². The second-order valence-electron chi connectivity index (χ2n) is 5.57. The number of nitro benzene ring substituents is 1. The topological polar surface area (TPSA) is 107 Å². The lowest BCUT2D eigenvalue weighted by molar-refractivity contribution is -0.387. The first kappa shape index (κ1) is 16.4. The number of fused-ring (bicyclic) bond motifs is 1. The van der Waals surface area contributed by atoms with Gasteiger partial charge in [0.15, 0.2) is 4.90 Å². The van der Waals surface area contributed by atoms with Gasteiger partial charge in [0.25, 0.3) is 15.7 Å². The molecule has 1 aliphatic heterocycles. The Bertz CT molecular complexity index is 896. The minimum absolute atomic E-state index is 0.286. The minimum Gasteiger partial charge on any atom is -0.326 e. The molecule has 1 heterocycles. The van der Waals surface area contributed by atoms with Crippen molar-refractivity contribution < 1.29 is 13.3 Å². The maximum absolute atomic E-state index is 13.0. The summed E-state index contributed by atoms with van der Waals surface area (Å²) in [4.78, 5) is 10.2. The number of hydrogen-bond acceptors (Lipinski definition) is 5. The van der Waals surface area contributed by atoms with Crippen LogP contribution in [0.1, 0.15) is 17.5 Å². The molecule has 3 rings (SSSR count). The number of anilines is 1. The first-order valence-corrected chi connectivity index (χ1v) is 8.97. The standard InChI is InChI=1S/C16H17N3O4S/c17-11-12-7-8-14-13(10-12)4-3-9-18(14)24(22,23)16-6-2-1-5-15(16)19(20)21/h1-2,5-8,10H,3-4,9,11,17H2. The lowest BCUT2D eigenvalue weighted by atomic mass is 10.0. The summed E-state index contributed by atoms with van der Waals surface area (Å²) >= 11 is 0. The zero-order chi connectivity index (χ0) is 17.3. The molecule has 0 aliphatic carbocycles. The van der Waals surface area contributed by atoms with Crippen LogP contribution in [0.25, 0.3) is 0 Å². The Morgan fingerprint density at radius 2 is 1.96 bits per heavy atom. The molecule has 2 aromatic carbocycles. The van der Waals surface area contributed by atoms with Gasteiger partial charge in [-0.1, -0.05) is 24.3 Å². The fraction of sp³-hybridized carbons (Fsp3) is 0.250. The molecule has 0 unspecified atom stereocenters. The van der Waals surface area contributed by atoms with Gasteiger partial charge in [-0.25, -0.2) is 8.42 Å². The molecule has 8 heteroatoms. The quantitative estimate of drug-likeness (QED) is 0.674. The van der Waals surface area contributed by atoms with Crippen LogP contribution in [0.3, 0.4) is 0 Å². The Morgan fingerprint density at radius 1 is 1.21 bits per heavy atom. The average molecular weight is 347 g/mol. The number of sulfonamides is 1. The lowest BCUT2D eigenvalue weighted by Crippen LogP contribution is -2.35. The summed E-state index contributed by atoms with van der Waals surface area (Å²) in [7, 11) is -4.01. The zero-order valence-electron chi connectivity index (χ0n) is 12.9. The van der Waals surface area contributed by atoms with E-state index in [2.05, 4.69) is 0 Å². The molecule has 126 valence electrons. The van der Waals surface area contributed by atoms with E-state index in [9.17, 15) is 18.5 Å². The SMILES string of the molecule is NCc1ccc2c(c1)CCCN2S(=O)(=O)c1ccccc1[N+](=O)[O-]. The molecule has 0 atom stereocenters. The van der Waals surface area contributed by atoms with Crippen molar-refractivity contribution >= 4 is 21.4 Å². The van der Waals surface area contributed by atoms with Crippen molar-refractivity contribution in [1.82, 2.24) is 0 Å². The summed E-state index contributed by atoms with van der Waals surface area (Å²) in [5, 5.41) is 11.2. The van der Waals surface area contributed by atoms with Crippen LogP contribution < -0.4 is 10.0 Å². The third-order valence-electron chi connectivity index (χ3n) is 4.09. The molecular formula is C16H17N3O4S. The van der Waals surface area contributed by atoms with Crippen LogP contribution in [-0.4, -0.2) is 19.9 Å².